The molecule has 4 nitrogen and oxygen atoms in total. The average molecular weight is 328 g/mol. The highest BCUT2D eigenvalue weighted by molar-refractivity contribution is 6.59. The first-order valence-electron chi connectivity index (χ1n) is 7.19. The Hall–Kier alpha value is -2.59. The molecular weight excluding hydrogens is 314 g/mol. The number of benzene rings is 2. The van der Waals surface area contributed by atoms with Crippen molar-refractivity contribution in [1.82, 2.24) is 0 Å². The zero-order valence-electron chi connectivity index (χ0n) is 12.4. The molecule has 0 aliphatic carbocycles. The summed E-state index contributed by atoms with van der Waals surface area (Å²) in [6.45, 7) is 2.06. The second-order valence-corrected chi connectivity index (χ2v) is 5.64. The molecule has 0 unspecified atom stereocenters. The van der Waals surface area contributed by atoms with Crippen LogP contribution in [0.1, 0.15) is 34.0 Å². The molecule has 116 valence electrons. The Morgan fingerprint density at radius 2 is 1.78 bits per heavy atom. The van der Waals surface area contributed by atoms with E-state index in [-0.39, 0.29) is 11.5 Å². The van der Waals surface area contributed by atoms with Crippen molar-refractivity contribution in [2.45, 2.75) is 13.3 Å². The molecule has 23 heavy (non-hydrogen) atoms. The van der Waals surface area contributed by atoms with Crippen LogP contribution in [0.2, 0.25) is 0 Å². The largest absolute Gasteiger partial charge is 0.478 e. The summed E-state index contributed by atoms with van der Waals surface area (Å²) in [5, 5.41) is 12.2. The lowest BCUT2D eigenvalue weighted by Crippen LogP contribution is -2.04. The molecule has 0 aromatic heterocycles. The first-order chi connectivity index (χ1) is 11.0. The fourth-order valence-corrected chi connectivity index (χ4v) is 2.86. The van der Waals surface area contributed by atoms with Crippen LogP contribution in [-0.4, -0.2) is 17.0 Å². The molecule has 0 spiro atoms. The lowest BCUT2D eigenvalue weighted by Gasteiger charge is -2.06. The molecule has 0 saturated carbocycles. The monoisotopic (exact) mass is 327 g/mol. The first-order valence-corrected chi connectivity index (χ1v) is 7.57. The average Bonchev–Trinajstić information content (AvgIpc) is 2.89. The van der Waals surface area contributed by atoms with E-state index in [9.17, 15) is 9.59 Å². The smallest absolute Gasteiger partial charge is 0.335 e. The van der Waals surface area contributed by atoms with Gasteiger partial charge in [-0.1, -0.05) is 42.8 Å². The Morgan fingerprint density at radius 1 is 1.13 bits per heavy atom. The molecule has 1 heterocycles. The Kier molecular flexibility index (Phi) is 3.92. The Bertz CT molecular complexity index is 838. The fraction of sp³-hybridized carbons (Fsp3) is 0.111. The molecule has 5 heteroatoms. The minimum atomic E-state index is -1.05. The van der Waals surface area contributed by atoms with Gasteiger partial charge in [0.2, 0.25) is 0 Å². The molecule has 2 aromatic carbocycles. The summed E-state index contributed by atoms with van der Waals surface area (Å²) in [4.78, 5) is 23.4. The van der Waals surface area contributed by atoms with Gasteiger partial charge in [0.15, 0.2) is 0 Å². The van der Waals surface area contributed by atoms with Crippen molar-refractivity contribution in [2.75, 3.05) is 5.32 Å². The highest BCUT2D eigenvalue weighted by Crippen LogP contribution is 2.39. The summed E-state index contributed by atoms with van der Waals surface area (Å²) < 4.78 is 0. The van der Waals surface area contributed by atoms with Crippen LogP contribution in [0.3, 0.4) is 0 Å². The van der Waals surface area contributed by atoms with Gasteiger partial charge < -0.3 is 10.4 Å². The topological polar surface area (TPSA) is 66.4 Å². The molecule has 3 rings (SSSR count). The van der Waals surface area contributed by atoms with Crippen molar-refractivity contribution in [3.8, 4) is 0 Å². The van der Waals surface area contributed by atoms with Crippen molar-refractivity contribution >= 4 is 39.8 Å². The first kappa shape index (κ1) is 15.3. The predicted octanol–water partition coefficient (Wildman–Crippen LogP) is 4.01. The SMILES string of the molecule is CCc1ccc(C(Cl)=C2C(=O)Nc3ccc(C(=O)O)cc32)cc1. The maximum Gasteiger partial charge on any atom is 0.335 e. The second-order valence-electron chi connectivity index (χ2n) is 5.26. The van der Waals surface area contributed by atoms with Gasteiger partial charge in [-0.2, -0.15) is 0 Å². The Morgan fingerprint density at radius 3 is 2.39 bits per heavy atom. The zero-order valence-corrected chi connectivity index (χ0v) is 13.1. The summed E-state index contributed by atoms with van der Waals surface area (Å²) >= 11 is 6.43. The number of amides is 1. The number of nitrogens with one attached hydrogen (secondary N) is 1. The van der Waals surface area contributed by atoms with Crippen molar-refractivity contribution in [2.24, 2.45) is 0 Å². The van der Waals surface area contributed by atoms with E-state index in [0.717, 1.165) is 12.0 Å². The molecule has 0 radical (unpaired) electrons. The van der Waals surface area contributed by atoms with Crippen molar-refractivity contribution in [1.29, 1.82) is 0 Å². The van der Waals surface area contributed by atoms with Crippen molar-refractivity contribution in [3.05, 3.63) is 64.7 Å². The number of rotatable bonds is 3. The van der Waals surface area contributed by atoms with E-state index in [1.807, 2.05) is 24.3 Å². The predicted molar refractivity (Wildman–Crippen MR) is 90.5 cm³/mol. The Labute approximate surface area is 138 Å². The van der Waals surface area contributed by atoms with E-state index in [2.05, 4.69) is 12.2 Å². The van der Waals surface area contributed by atoms with Crippen LogP contribution in [0, 0.1) is 0 Å². The number of carbonyl (C=O) groups is 2. The highest BCUT2D eigenvalue weighted by atomic mass is 35.5. The highest BCUT2D eigenvalue weighted by Gasteiger charge is 2.28. The fourth-order valence-electron chi connectivity index (χ4n) is 2.55. The van der Waals surface area contributed by atoms with Gasteiger partial charge >= 0.3 is 5.97 Å². The van der Waals surface area contributed by atoms with Crippen LogP contribution in [0.25, 0.3) is 10.6 Å². The third kappa shape index (κ3) is 2.73. The lowest BCUT2D eigenvalue weighted by molar-refractivity contribution is -0.110. The number of anilines is 1. The number of hydrogen-bond acceptors (Lipinski definition) is 2. The van der Waals surface area contributed by atoms with E-state index in [0.29, 0.717) is 21.9 Å². The summed E-state index contributed by atoms with van der Waals surface area (Å²) in [6, 6.07) is 12.1. The van der Waals surface area contributed by atoms with E-state index in [1.165, 1.54) is 17.7 Å². The molecule has 0 atom stereocenters. The van der Waals surface area contributed by atoms with Crippen molar-refractivity contribution in [3.63, 3.8) is 0 Å². The maximum absolute atomic E-state index is 12.2. The summed E-state index contributed by atoms with van der Waals surface area (Å²) in [6.07, 6.45) is 0.916. The maximum atomic E-state index is 12.2. The minimum Gasteiger partial charge on any atom is -0.478 e. The van der Waals surface area contributed by atoms with Crippen molar-refractivity contribution < 1.29 is 14.7 Å². The van der Waals surface area contributed by atoms with Crippen LogP contribution < -0.4 is 5.32 Å². The number of carbonyl (C=O) groups excluding carboxylic acids is 1. The summed E-state index contributed by atoms with van der Waals surface area (Å²) in [5.74, 6) is -1.37. The molecule has 2 aromatic rings. The molecular formula is C18H14ClNO3. The van der Waals surface area contributed by atoms with Crippen LogP contribution in [0.4, 0.5) is 5.69 Å². The quantitative estimate of drug-likeness (QED) is 0.837. The van der Waals surface area contributed by atoms with Crippen LogP contribution in [0.5, 0.6) is 0 Å². The molecule has 1 aliphatic heterocycles. The van der Waals surface area contributed by atoms with Crippen LogP contribution in [0.15, 0.2) is 42.5 Å². The van der Waals surface area contributed by atoms with Crippen LogP contribution >= 0.6 is 11.6 Å². The molecule has 0 saturated heterocycles. The van der Waals surface area contributed by atoms with E-state index in [4.69, 9.17) is 16.7 Å². The molecule has 0 fully saturated rings. The van der Waals surface area contributed by atoms with Gasteiger partial charge in [0.05, 0.1) is 16.2 Å². The number of aryl methyl sites for hydroxylation is 1. The second kappa shape index (κ2) is 5.89. The van der Waals surface area contributed by atoms with Gasteiger partial charge in [-0.05, 0) is 35.7 Å². The standard InChI is InChI=1S/C18H14ClNO3/c1-2-10-3-5-11(6-4-10)16(19)15-13-9-12(18(22)23)7-8-14(13)20-17(15)21/h3-9H,2H2,1H3,(H,20,21)(H,22,23). The lowest BCUT2D eigenvalue weighted by atomic mass is 10.0. The van der Waals surface area contributed by atoms with Gasteiger partial charge in [0, 0.05) is 11.3 Å². The third-order valence-electron chi connectivity index (χ3n) is 3.85. The Balaban J connectivity index is 2.13. The van der Waals surface area contributed by atoms with E-state index in [1.54, 1.807) is 6.07 Å². The number of aromatic carboxylic acids is 1. The van der Waals surface area contributed by atoms with Gasteiger partial charge in [0.1, 0.15) is 0 Å². The van der Waals surface area contributed by atoms with E-state index < -0.39 is 5.97 Å². The van der Waals surface area contributed by atoms with Gasteiger partial charge in [-0.15, -0.1) is 0 Å². The molecule has 0 bridgehead atoms. The third-order valence-corrected chi connectivity index (χ3v) is 4.25. The summed E-state index contributed by atoms with van der Waals surface area (Å²) in [7, 11) is 0. The zero-order chi connectivity index (χ0) is 16.6. The summed E-state index contributed by atoms with van der Waals surface area (Å²) in [5.41, 5.74) is 3.39. The minimum absolute atomic E-state index is 0.114. The molecule has 1 aliphatic rings. The van der Waals surface area contributed by atoms with Gasteiger partial charge in [0.25, 0.3) is 5.91 Å². The van der Waals surface area contributed by atoms with E-state index >= 15 is 0 Å². The van der Waals surface area contributed by atoms with Crippen LogP contribution in [-0.2, 0) is 11.2 Å². The van der Waals surface area contributed by atoms with Gasteiger partial charge in [-0.25, -0.2) is 4.79 Å². The number of carboxylic acids is 1. The number of fused-ring (bicyclic) bond motifs is 1. The normalized spacial score (nSPS) is 15.1. The number of hydrogen-bond donors (Lipinski definition) is 2. The number of carboxylic acid groups (broad SMARTS) is 1. The molecule has 1 amide bonds. The molecule has 2 N–H and O–H groups in total. The number of halogens is 1. The van der Waals surface area contributed by atoms with Gasteiger partial charge in [-0.3, -0.25) is 4.79 Å².